The van der Waals surface area contributed by atoms with Gasteiger partial charge in [-0.1, -0.05) is 18.9 Å². The zero-order valence-electron chi connectivity index (χ0n) is 18.4. The molecule has 1 saturated heterocycles. The first kappa shape index (κ1) is 22.6. The zero-order chi connectivity index (χ0) is 22.9. The molecular weight excluding hydrogens is 421 g/mol. The molecule has 6 nitrogen and oxygen atoms in total. The average Bonchev–Trinajstić information content (AvgIpc) is 3.34. The molecule has 1 aliphatic heterocycles. The van der Waals surface area contributed by atoms with Gasteiger partial charge < -0.3 is 15.0 Å². The SMILES string of the molecule is Cc1nn(-c2cccc(OC(F)(F)F)c2)c(C)c1C(=O)N1CCC(NC2CCCC2)CC1. The second kappa shape index (κ2) is 9.13. The molecule has 2 fully saturated rings. The van der Waals surface area contributed by atoms with Gasteiger partial charge in [0.05, 0.1) is 22.6 Å². The predicted octanol–water partition coefficient (Wildman–Crippen LogP) is 4.52. The number of ether oxygens (including phenoxy) is 1. The highest BCUT2D eigenvalue weighted by molar-refractivity contribution is 5.96. The van der Waals surface area contributed by atoms with Crippen LogP contribution in [0.4, 0.5) is 13.2 Å². The number of hydrogen-bond donors (Lipinski definition) is 1. The van der Waals surface area contributed by atoms with Crippen molar-refractivity contribution in [3.8, 4) is 11.4 Å². The van der Waals surface area contributed by atoms with Gasteiger partial charge >= 0.3 is 6.36 Å². The second-order valence-corrected chi connectivity index (χ2v) is 8.72. The average molecular weight is 451 g/mol. The molecule has 0 radical (unpaired) electrons. The Morgan fingerprint density at radius 3 is 2.41 bits per heavy atom. The number of rotatable bonds is 5. The third-order valence-corrected chi connectivity index (χ3v) is 6.41. The van der Waals surface area contributed by atoms with E-state index in [1.807, 2.05) is 4.90 Å². The van der Waals surface area contributed by atoms with E-state index >= 15 is 0 Å². The van der Waals surface area contributed by atoms with Gasteiger partial charge in [-0.05, 0) is 51.7 Å². The zero-order valence-corrected chi connectivity index (χ0v) is 18.4. The molecule has 2 heterocycles. The first-order chi connectivity index (χ1) is 15.2. The Morgan fingerprint density at radius 2 is 1.75 bits per heavy atom. The molecule has 1 aliphatic carbocycles. The van der Waals surface area contributed by atoms with Crippen molar-refractivity contribution in [1.82, 2.24) is 20.0 Å². The quantitative estimate of drug-likeness (QED) is 0.728. The number of likely N-dealkylation sites (tertiary alicyclic amines) is 1. The minimum atomic E-state index is -4.77. The Hall–Kier alpha value is -2.55. The van der Waals surface area contributed by atoms with Crippen LogP contribution in [0.5, 0.6) is 5.75 Å². The maximum atomic E-state index is 13.3. The summed E-state index contributed by atoms with van der Waals surface area (Å²) < 4.78 is 43.2. The van der Waals surface area contributed by atoms with Crippen molar-refractivity contribution in [1.29, 1.82) is 0 Å². The summed E-state index contributed by atoms with van der Waals surface area (Å²) in [5.74, 6) is -0.402. The number of aryl methyl sites for hydroxylation is 1. The van der Waals surface area contributed by atoms with E-state index in [4.69, 9.17) is 0 Å². The van der Waals surface area contributed by atoms with E-state index in [0.717, 1.165) is 12.8 Å². The molecule has 174 valence electrons. The lowest BCUT2D eigenvalue weighted by Crippen LogP contribution is -2.47. The number of hydrogen-bond acceptors (Lipinski definition) is 4. The number of piperidine rings is 1. The molecule has 1 N–H and O–H groups in total. The minimum Gasteiger partial charge on any atom is -0.406 e. The smallest absolute Gasteiger partial charge is 0.406 e. The maximum Gasteiger partial charge on any atom is 0.573 e. The van der Waals surface area contributed by atoms with Gasteiger partial charge in [-0.25, -0.2) is 4.68 Å². The van der Waals surface area contributed by atoms with E-state index in [1.54, 1.807) is 19.9 Å². The van der Waals surface area contributed by atoms with Gasteiger partial charge in [-0.3, -0.25) is 4.79 Å². The maximum absolute atomic E-state index is 13.3. The number of nitrogens with one attached hydrogen (secondary N) is 1. The number of benzene rings is 1. The topological polar surface area (TPSA) is 59.4 Å². The number of alkyl halides is 3. The van der Waals surface area contributed by atoms with Gasteiger partial charge in [0.1, 0.15) is 5.75 Å². The van der Waals surface area contributed by atoms with Crippen LogP contribution in [0.15, 0.2) is 24.3 Å². The lowest BCUT2D eigenvalue weighted by molar-refractivity contribution is -0.274. The number of amides is 1. The van der Waals surface area contributed by atoms with Crippen LogP contribution in [0.2, 0.25) is 0 Å². The largest absolute Gasteiger partial charge is 0.573 e. The van der Waals surface area contributed by atoms with Crippen molar-refractivity contribution < 1.29 is 22.7 Å². The van der Waals surface area contributed by atoms with Crippen LogP contribution in [0, 0.1) is 13.8 Å². The van der Waals surface area contributed by atoms with Crippen molar-refractivity contribution in [2.75, 3.05) is 13.1 Å². The summed E-state index contributed by atoms with van der Waals surface area (Å²) in [5.41, 5.74) is 2.07. The fourth-order valence-electron chi connectivity index (χ4n) is 4.85. The van der Waals surface area contributed by atoms with Gasteiger partial charge in [-0.2, -0.15) is 5.10 Å². The molecule has 4 rings (SSSR count). The fourth-order valence-corrected chi connectivity index (χ4v) is 4.85. The lowest BCUT2D eigenvalue weighted by atomic mass is 10.0. The van der Waals surface area contributed by atoms with Gasteiger partial charge in [0.25, 0.3) is 5.91 Å². The molecule has 0 atom stereocenters. The van der Waals surface area contributed by atoms with Crippen molar-refractivity contribution in [2.45, 2.75) is 70.8 Å². The summed E-state index contributed by atoms with van der Waals surface area (Å²) in [6.07, 6.45) is 2.15. The molecule has 0 bridgehead atoms. The van der Waals surface area contributed by atoms with Crippen LogP contribution >= 0.6 is 0 Å². The molecule has 1 aromatic carbocycles. The molecule has 2 aliphatic rings. The third kappa shape index (κ3) is 5.09. The number of carbonyl (C=O) groups is 1. The van der Waals surface area contributed by atoms with Crippen molar-refractivity contribution in [3.05, 3.63) is 41.2 Å². The fraction of sp³-hybridized carbons (Fsp3) is 0.565. The van der Waals surface area contributed by atoms with E-state index < -0.39 is 6.36 Å². The molecule has 2 aromatic rings. The molecule has 0 spiro atoms. The number of aromatic nitrogens is 2. The van der Waals surface area contributed by atoms with Gasteiger partial charge in [0, 0.05) is 31.2 Å². The standard InChI is InChI=1S/C23H29F3N4O2/c1-15-21(22(31)29-12-10-18(11-13-29)27-17-6-3-4-7-17)16(2)30(28-15)19-8-5-9-20(14-19)32-23(24,25)26/h5,8-9,14,17-18,27H,3-4,6-7,10-13H2,1-2H3. The van der Waals surface area contributed by atoms with Crippen LogP contribution in [0.25, 0.3) is 5.69 Å². The Kier molecular flexibility index (Phi) is 6.46. The third-order valence-electron chi connectivity index (χ3n) is 6.41. The molecule has 1 aromatic heterocycles. The lowest BCUT2D eigenvalue weighted by Gasteiger charge is -2.34. The second-order valence-electron chi connectivity index (χ2n) is 8.72. The number of nitrogens with zero attached hydrogens (tertiary/aromatic N) is 3. The summed E-state index contributed by atoms with van der Waals surface area (Å²) in [7, 11) is 0. The highest BCUT2D eigenvalue weighted by Crippen LogP contribution is 2.27. The Balaban J connectivity index is 1.46. The molecular formula is C23H29F3N4O2. The Bertz CT molecular complexity index is 959. The van der Waals surface area contributed by atoms with E-state index in [1.165, 1.54) is 48.6 Å². The molecule has 0 unspecified atom stereocenters. The van der Waals surface area contributed by atoms with Gasteiger partial charge in [-0.15, -0.1) is 13.2 Å². The molecule has 1 amide bonds. The van der Waals surface area contributed by atoms with Gasteiger partial charge in [0.2, 0.25) is 0 Å². The molecule has 32 heavy (non-hydrogen) atoms. The first-order valence-electron chi connectivity index (χ1n) is 11.2. The van der Waals surface area contributed by atoms with Gasteiger partial charge in [0.15, 0.2) is 0 Å². The van der Waals surface area contributed by atoms with E-state index in [2.05, 4.69) is 15.2 Å². The Labute approximate surface area is 185 Å². The van der Waals surface area contributed by atoms with Crippen molar-refractivity contribution in [3.63, 3.8) is 0 Å². The highest BCUT2D eigenvalue weighted by atomic mass is 19.4. The molecule has 9 heteroatoms. The summed E-state index contributed by atoms with van der Waals surface area (Å²) in [6.45, 7) is 4.88. The summed E-state index contributed by atoms with van der Waals surface area (Å²) in [5, 5.41) is 8.18. The van der Waals surface area contributed by atoms with Crippen LogP contribution in [0.1, 0.15) is 60.3 Å². The predicted molar refractivity (Wildman–Crippen MR) is 114 cm³/mol. The van der Waals surface area contributed by atoms with Crippen LogP contribution < -0.4 is 10.1 Å². The van der Waals surface area contributed by atoms with E-state index in [-0.39, 0.29) is 11.7 Å². The summed E-state index contributed by atoms with van der Waals surface area (Å²) in [4.78, 5) is 15.1. The van der Waals surface area contributed by atoms with Crippen molar-refractivity contribution >= 4 is 5.91 Å². The summed E-state index contributed by atoms with van der Waals surface area (Å²) in [6, 6.07) is 6.67. The minimum absolute atomic E-state index is 0.0757. The van der Waals surface area contributed by atoms with E-state index in [9.17, 15) is 18.0 Å². The Morgan fingerprint density at radius 1 is 1.09 bits per heavy atom. The summed E-state index contributed by atoms with van der Waals surface area (Å²) >= 11 is 0. The van der Waals surface area contributed by atoms with Crippen LogP contribution in [0.3, 0.4) is 0 Å². The van der Waals surface area contributed by atoms with E-state index in [0.29, 0.717) is 47.8 Å². The normalized spacial score (nSPS) is 18.3. The monoisotopic (exact) mass is 450 g/mol. The first-order valence-corrected chi connectivity index (χ1v) is 11.2. The van der Waals surface area contributed by atoms with Crippen LogP contribution in [-0.2, 0) is 0 Å². The number of halogens is 3. The molecule has 1 saturated carbocycles. The van der Waals surface area contributed by atoms with Crippen LogP contribution in [-0.4, -0.2) is 52.1 Å². The number of carbonyl (C=O) groups excluding carboxylic acids is 1. The van der Waals surface area contributed by atoms with Crippen molar-refractivity contribution in [2.24, 2.45) is 0 Å². The highest BCUT2D eigenvalue weighted by Gasteiger charge is 2.32.